The van der Waals surface area contributed by atoms with Crippen LogP contribution >= 0.6 is 0 Å². The van der Waals surface area contributed by atoms with E-state index in [-0.39, 0.29) is 0 Å². The molecule has 0 N–H and O–H groups in total. The first-order chi connectivity index (χ1) is 26.4. The number of ether oxygens (including phenoxy) is 12. The number of benzene rings is 1. The summed E-state index contributed by atoms with van der Waals surface area (Å²) in [7, 11) is 0. The van der Waals surface area contributed by atoms with Crippen LogP contribution in [-0.2, 0) is 63.4 Å². The van der Waals surface area contributed by atoms with Crippen LogP contribution in [0.25, 0.3) is 0 Å². The Balaban J connectivity index is 1.60. The fourth-order valence-electron chi connectivity index (χ4n) is 4.87. The maximum Gasteiger partial charge on any atom is 0.0718 e. The molecule has 0 unspecified atom stereocenters. The molecule has 312 valence electrons. The van der Waals surface area contributed by atoms with Crippen LogP contribution < -0.4 is 0 Å². The van der Waals surface area contributed by atoms with Gasteiger partial charge in [0, 0.05) is 6.61 Å². The number of unbranched alkanes of at least 4 members (excludes halogenated alkanes) is 9. The number of hydrogen-bond donors (Lipinski definition) is 0. The molecule has 1 aromatic carbocycles. The van der Waals surface area contributed by atoms with Gasteiger partial charge in [-0.1, -0.05) is 95.0 Å². The quantitative estimate of drug-likeness (QED) is 0.0696. The van der Waals surface area contributed by atoms with Gasteiger partial charge in [-0.2, -0.15) is 0 Å². The Morgan fingerprint density at radius 1 is 0.264 bits per heavy atom. The molecule has 1 aromatic rings. The normalized spacial score (nSPS) is 11.6. The highest BCUT2D eigenvalue weighted by Gasteiger charge is 1.98. The van der Waals surface area contributed by atoms with Crippen molar-refractivity contribution in [2.24, 2.45) is 0 Å². The minimum Gasteiger partial charge on any atom is -0.379 e. The van der Waals surface area contributed by atoms with Crippen molar-refractivity contribution in [1.29, 1.82) is 0 Å². The summed E-state index contributed by atoms with van der Waals surface area (Å²) in [5.41, 5.74) is 1.16. The molecule has 0 atom stereocenters. The Morgan fingerprint density at radius 2 is 0.509 bits per heavy atom. The summed E-state index contributed by atoms with van der Waals surface area (Å²) in [6.07, 6.45) is 13.4. The molecule has 0 aliphatic heterocycles. The topological polar surface area (TPSA) is 111 Å². The van der Waals surface area contributed by atoms with E-state index in [4.69, 9.17) is 56.8 Å². The van der Waals surface area contributed by atoms with E-state index in [1.54, 1.807) is 0 Å². The highest BCUT2D eigenvalue weighted by Crippen LogP contribution is 2.10. The summed E-state index contributed by atoms with van der Waals surface area (Å²) < 4.78 is 66.4. The van der Waals surface area contributed by atoms with E-state index in [9.17, 15) is 0 Å². The molecule has 0 spiro atoms. The Labute approximate surface area is 322 Å². The van der Waals surface area contributed by atoms with E-state index in [2.05, 4.69) is 6.92 Å². The van der Waals surface area contributed by atoms with Crippen LogP contribution in [0.15, 0.2) is 30.3 Å². The third-order valence-corrected chi connectivity index (χ3v) is 7.85. The number of hydrogen-bond acceptors (Lipinski definition) is 12. The molecule has 0 aromatic heterocycles. The van der Waals surface area contributed by atoms with Crippen molar-refractivity contribution in [3.63, 3.8) is 0 Å². The standard InChI is InChI=1S/C41H76O12/c1-2-3-4-5-6-7-8-9-10-14-17-42-18-19-43-20-21-44-22-23-45-24-25-46-26-27-47-28-29-48-30-31-49-32-33-50-34-35-51-36-37-52-38-39-53-40-41-15-12-11-13-16-41/h11-13,15-16H,2-10,14,17-40H2,1H3. The molecule has 0 heterocycles. The predicted octanol–water partition coefficient (Wildman–Crippen LogP) is 6.31. The van der Waals surface area contributed by atoms with Crippen molar-refractivity contribution in [1.82, 2.24) is 0 Å². The van der Waals surface area contributed by atoms with E-state index in [1.807, 2.05) is 30.3 Å². The van der Waals surface area contributed by atoms with E-state index in [0.717, 1.165) is 18.6 Å². The molecule has 0 saturated heterocycles. The van der Waals surface area contributed by atoms with Crippen LogP contribution in [0, 0.1) is 0 Å². The molecular formula is C41H76O12. The van der Waals surface area contributed by atoms with Crippen LogP contribution in [-0.4, -0.2) is 152 Å². The lowest BCUT2D eigenvalue weighted by atomic mass is 10.1. The van der Waals surface area contributed by atoms with Gasteiger partial charge in [0.2, 0.25) is 0 Å². The lowest BCUT2D eigenvalue weighted by Gasteiger charge is -2.09. The zero-order chi connectivity index (χ0) is 37.6. The highest BCUT2D eigenvalue weighted by molar-refractivity contribution is 5.13. The average Bonchev–Trinajstić information content (AvgIpc) is 3.18. The second-order valence-electron chi connectivity index (χ2n) is 12.5. The van der Waals surface area contributed by atoms with Crippen LogP contribution in [0.2, 0.25) is 0 Å². The zero-order valence-corrected chi connectivity index (χ0v) is 33.3. The largest absolute Gasteiger partial charge is 0.379 e. The van der Waals surface area contributed by atoms with E-state index < -0.39 is 0 Å². The SMILES string of the molecule is CCCCCCCCCCCCOCCOCCOCCOCCOCCOCCOCCOCCOCCOCCOCCOCc1ccccc1. The number of rotatable bonds is 46. The fourth-order valence-corrected chi connectivity index (χ4v) is 4.87. The predicted molar refractivity (Wildman–Crippen MR) is 207 cm³/mol. The second-order valence-corrected chi connectivity index (χ2v) is 12.5. The van der Waals surface area contributed by atoms with Crippen molar-refractivity contribution < 1.29 is 56.8 Å². The molecule has 0 aliphatic rings. The van der Waals surface area contributed by atoms with Crippen molar-refractivity contribution >= 4 is 0 Å². The molecule has 0 amide bonds. The molecule has 53 heavy (non-hydrogen) atoms. The molecular weight excluding hydrogens is 684 g/mol. The Kier molecular flexibility index (Phi) is 42.4. The maximum atomic E-state index is 5.65. The summed E-state index contributed by atoms with van der Waals surface area (Å²) in [5, 5.41) is 0. The molecule has 0 bridgehead atoms. The van der Waals surface area contributed by atoms with Crippen molar-refractivity contribution in [2.75, 3.05) is 152 Å². The fraction of sp³-hybridized carbons (Fsp3) is 0.854. The summed E-state index contributed by atoms with van der Waals surface area (Å²) in [5.74, 6) is 0. The van der Waals surface area contributed by atoms with Gasteiger partial charge in [0.1, 0.15) is 0 Å². The Morgan fingerprint density at radius 3 is 0.811 bits per heavy atom. The lowest BCUT2D eigenvalue weighted by Crippen LogP contribution is -2.15. The van der Waals surface area contributed by atoms with Gasteiger partial charge in [-0.25, -0.2) is 0 Å². The van der Waals surface area contributed by atoms with Crippen LogP contribution in [0.4, 0.5) is 0 Å². The van der Waals surface area contributed by atoms with Gasteiger partial charge in [-0.05, 0) is 12.0 Å². The molecule has 0 fully saturated rings. The molecule has 0 saturated carbocycles. The second kappa shape index (κ2) is 45.1. The van der Waals surface area contributed by atoms with E-state index in [0.29, 0.717) is 152 Å². The molecule has 12 nitrogen and oxygen atoms in total. The van der Waals surface area contributed by atoms with Crippen molar-refractivity contribution in [2.45, 2.75) is 77.7 Å². The van der Waals surface area contributed by atoms with Gasteiger partial charge in [0.05, 0.1) is 152 Å². The van der Waals surface area contributed by atoms with E-state index in [1.165, 1.54) is 57.8 Å². The molecule has 1 rings (SSSR count). The van der Waals surface area contributed by atoms with Crippen LogP contribution in [0.3, 0.4) is 0 Å². The monoisotopic (exact) mass is 761 g/mol. The van der Waals surface area contributed by atoms with Gasteiger partial charge in [-0.3, -0.25) is 0 Å². The summed E-state index contributed by atoms with van der Waals surface area (Å²) >= 11 is 0. The zero-order valence-electron chi connectivity index (χ0n) is 33.3. The van der Waals surface area contributed by atoms with Gasteiger partial charge in [0.15, 0.2) is 0 Å². The third-order valence-electron chi connectivity index (χ3n) is 7.85. The van der Waals surface area contributed by atoms with Gasteiger partial charge >= 0.3 is 0 Å². The van der Waals surface area contributed by atoms with Gasteiger partial charge in [0.25, 0.3) is 0 Å². The first kappa shape index (κ1) is 49.8. The highest BCUT2D eigenvalue weighted by atomic mass is 16.6. The summed E-state index contributed by atoms with van der Waals surface area (Å²) in [4.78, 5) is 0. The van der Waals surface area contributed by atoms with E-state index >= 15 is 0 Å². The van der Waals surface area contributed by atoms with Gasteiger partial charge in [-0.15, -0.1) is 0 Å². The smallest absolute Gasteiger partial charge is 0.0718 e. The maximum absolute atomic E-state index is 5.65. The minimum absolute atomic E-state index is 0.517. The Bertz CT molecular complexity index is 791. The minimum atomic E-state index is 0.517. The lowest BCUT2D eigenvalue weighted by molar-refractivity contribution is -0.0285. The molecule has 0 aliphatic carbocycles. The first-order valence-corrected chi connectivity index (χ1v) is 20.4. The van der Waals surface area contributed by atoms with Crippen LogP contribution in [0.5, 0.6) is 0 Å². The van der Waals surface area contributed by atoms with Gasteiger partial charge < -0.3 is 56.8 Å². The van der Waals surface area contributed by atoms with Crippen molar-refractivity contribution in [3.05, 3.63) is 35.9 Å². The first-order valence-electron chi connectivity index (χ1n) is 20.4. The third kappa shape index (κ3) is 41.7. The molecule has 12 heteroatoms. The van der Waals surface area contributed by atoms with Crippen molar-refractivity contribution in [3.8, 4) is 0 Å². The average molecular weight is 761 g/mol. The summed E-state index contributed by atoms with van der Waals surface area (Å²) in [6.45, 7) is 15.6. The van der Waals surface area contributed by atoms with Crippen LogP contribution in [0.1, 0.15) is 76.7 Å². The Hall–Kier alpha value is -1.26. The molecule has 0 radical (unpaired) electrons. The summed E-state index contributed by atoms with van der Waals surface area (Å²) in [6, 6.07) is 10.1.